The molecular weight excluding hydrogens is 228 g/mol. The molecule has 0 fully saturated rings. The lowest BCUT2D eigenvalue weighted by atomic mass is 10.2. The molecule has 5 heteroatoms. The van der Waals surface area contributed by atoms with Crippen LogP contribution < -0.4 is 4.74 Å². The van der Waals surface area contributed by atoms with E-state index in [1.165, 1.54) is 0 Å². The number of benzene rings is 1. The van der Waals surface area contributed by atoms with Gasteiger partial charge in [-0.2, -0.15) is 10.4 Å². The van der Waals surface area contributed by atoms with Gasteiger partial charge in [0.25, 0.3) is 0 Å². The Bertz CT molecular complexity index is 583. The van der Waals surface area contributed by atoms with Crippen LogP contribution in [0.4, 0.5) is 0 Å². The summed E-state index contributed by atoms with van der Waals surface area (Å²) in [7, 11) is 0. The second-order valence-corrected chi connectivity index (χ2v) is 3.89. The summed E-state index contributed by atoms with van der Waals surface area (Å²) in [6, 6.07) is 9.29. The average molecular weight is 242 g/mol. The van der Waals surface area contributed by atoms with Crippen LogP contribution in [-0.4, -0.2) is 21.4 Å². The predicted molar refractivity (Wildman–Crippen MR) is 66.1 cm³/mol. The zero-order valence-corrected chi connectivity index (χ0v) is 10.4. The van der Waals surface area contributed by atoms with Gasteiger partial charge in [0.05, 0.1) is 12.1 Å². The highest BCUT2D eigenvalue weighted by atomic mass is 16.5. The predicted octanol–water partition coefficient (Wildman–Crippen LogP) is 1.85. The topological polar surface area (TPSA) is 63.7 Å². The van der Waals surface area contributed by atoms with Crippen LogP contribution >= 0.6 is 0 Å². The number of nitrogens with zero attached hydrogens (tertiary/aromatic N) is 4. The maximum absolute atomic E-state index is 8.92. The molecule has 0 aliphatic rings. The van der Waals surface area contributed by atoms with Crippen molar-refractivity contribution >= 4 is 0 Å². The lowest BCUT2D eigenvalue weighted by Crippen LogP contribution is -2.11. The van der Waals surface area contributed by atoms with E-state index in [1.54, 1.807) is 16.8 Å². The van der Waals surface area contributed by atoms with Crippen molar-refractivity contribution < 1.29 is 4.74 Å². The summed E-state index contributed by atoms with van der Waals surface area (Å²) in [5.74, 6) is 2.23. The summed E-state index contributed by atoms with van der Waals surface area (Å²) in [6.07, 6.45) is 0. The first-order valence-electron chi connectivity index (χ1n) is 5.70. The molecular formula is C13H14N4O. The number of aryl methyl sites for hydroxylation is 2. The Labute approximate surface area is 106 Å². The van der Waals surface area contributed by atoms with Crippen LogP contribution in [0.1, 0.15) is 17.2 Å². The van der Waals surface area contributed by atoms with Crippen LogP contribution in [-0.2, 0) is 6.54 Å². The lowest BCUT2D eigenvalue weighted by Gasteiger charge is -2.08. The summed E-state index contributed by atoms with van der Waals surface area (Å²) in [4.78, 5) is 4.21. The number of para-hydroxylation sites is 1. The molecule has 0 aliphatic heterocycles. The highest BCUT2D eigenvalue weighted by molar-refractivity contribution is 5.42. The van der Waals surface area contributed by atoms with Crippen molar-refractivity contribution in [3.63, 3.8) is 0 Å². The largest absolute Gasteiger partial charge is 0.490 e. The van der Waals surface area contributed by atoms with Gasteiger partial charge < -0.3 is 4.74 Å². The minimum Gasteiger partial charge on any atom is -0.490 e. The van der Waals surface area contributed by atoms with E-state index < -0.39 is 0 Å². The highest BCUT2D eigenvalue weighted by Crippen LogP contribution is 2.16. The first-order chi connectivity index (χ1) is 8.70. The fraction of sp³-hybridized carbons (Fsp3) is 0.308. The van der Waals surface area contributed by atoms with Gasteiger partial charge in [-0.3, -0.25) is 0 Å². The Morgan fingerprint density at radius 1 is 1.33 bits per heavy atom. The number of rotatable bonds is 4. The Balaban J connectivity index is 1.97. The Morgan fingerprint density at radius 3 is 2.78 bits per heavy atom. The zero-order chi connectivity index (χ0) is 13.0. The van der Waals surface area contributed by atoms with Gasteiger partial charge in [-0.1, -0.05) is 12.1 Å². The van der Waals surface area contributed by atoms with Crippen molar-refractivity contribution in [1.82, 2.24) is 14.8 Å². The third-order valence-electron chi connectivity index (χ3n) is 2.53. The first-order valence-corrected chi connectivity index (χ1v) is 5.70. The lowest BCUT2D eigenvalue weighted by molar-refractivity contribution is 0.288. The van der Waals surface area contributed by atoms with Crippen molar-refractivity contribution in [2.45, 2.75) is 20.4 Å². The molecule has 0 bridgehead atoms. The standard InChI is InChI=1S/C13H14N4O/c1-10-15-11(2)17(16-10)7-8-18-13-6-4-3-5-12(13)9-14/h3-6H,7-8H2,1-2H3. The van der Waals surface area contributed by atoms with Crippen molar-refractivity contribution in [2.24, 2.45) is 0 Å². The fourth-order valence-electron chi connectivity index (χ4n) is 1.70. The smallest absolute Gasteiger partial charge is 0.147 e. The molecule has 0 atom stereocenters. The Hall–Kier alpha value is -2.35. The minimum atomic E-state index is 0.461. The van der Waals surface area contributed by atoms with Gasteiger partial charge in [0, 0.05) is 0 Å². The van der Waals surface area contributed by atoms with Gasteiger partial charge in [0.2, 0.25) is 0 Å². The minimum absolute atomic E-state index is 0.461. The van der Waals surface area contributed by atoms with Crippen LogP contribution in [0.2, 0.25) is 0 Å². The molecule has 0 spiro atoms. The van der Waals surface area contributed by atoms with E-state index in [2.05, 4.69) is 16.2 Å². The van der Waals surface area contributed by atoms with Gasteiger partial charge in [-0.15, -0.1) is 0 Å². The summed E-state index contributed by atoms with van der Waals surface area (Å²) in [5.41, 5.74) is 0.545. The van der Waals surface area contributed by atoms with Crippen molar-refractivity contribution in [2.75, 3.05) is 6.61 Å². The molecule has 1 aromatic carbocycles. The van der Waals surface area contributed by atoms with Crippen LogP contribution in [0.15, 0.2) is 24.3 Å². The normalized spacial score (nSPS) is 10.1. The SMILES string of the molecule is Cc1nc(C)n(CCOc2ccccc2C#N)n1. The number of hydrogen-bond donors (Lipinski definition) is 0. The summed E-state index contributed by atoms with van der Waals surface area (Å²) >= 11 is 0. The molecule has 0 amide bonds. The van der Waals surface area contributed by atoms with Gasteiger partial charge in [0.15, 0.2) is 0 Å². The number of aromatic nitrogens is 3. The molecule has 0 saturated heterocycles. The van der Waals surface area contributed by atoms with Gasteiger partial charge in [-0.05, 0) is 26.0 Å². The maximum atomic E-state index is 8.92. The van der Waals surface area contributed by atoms with E-state index in [9.17, 15) is 0 Å². The summed E-state index contributed by atoms with van der Waals surface area (Å²) in [5, 5.41) is 13.2. The maximum Gasteiger partial charge on any atom is 0.147 e. The first kappa shape index (κ1) is 12.1. The van der Waals surface area contributed by atoms with Crippen LogP contribution in [0.3, 0.4) is 0 Å². The van der Waals surface area contributed by atoms with Crippen molar-refractivity contribution in [1.29, 1.82) is 5.26 Å². The Morgan fingerprint density at radius 2 is 2.11 bits per heavy atom. The summed E-state index contributed by atoms with van der Waals surface area (Å²) in [6.45, 7) is 4.84. The van der Waals surface area contributed by atoms with Crippen LogP contribution in [0.5, 0.6) is 5.75 Å². The van der Waals surface area contributed by atoms with Crippen LogP contribution in [0, 0.1) is 25.2 Å². The molecule has 1 aromatic heterocycles. The average Bonchev–Trinajstić information content (AvgIpc) is 2.68. The zero-order valence-electron chi connectivity index (χ0n) is 10.4. The number of hydrogen-bond acceptors (Lipinski definition) is 4. The van der Waals surface area contributed by atoms with E-state index in [1.807, 2.05) is 26.0 Å². The molecule has 5 nitrogen and oxygen atoms in total. The second-order valence-electron chi connectivity index (χ2n) is 3.89. The molecule has 18 heavy (non-hydrogen) atoms. The molecule has 0 unspecified atom stereocenters. The van der Waals surface area contributed by atoms with E-state index in [-0.39, 0.29) is 0 Å². The highest BCUT2D eigenvalue weighted by Gasteiger charge is 2.04. The molecule has 0 radical (unpaired) electrons. The third kappa shape index (κ3) is 2.66. The summed E-state index contributed by atoms with van der Waals surface area (Å²) < 4.78 is 7.38. The number of nitriles is 1. The molecule has 0 N–H and O–H groups in total. The molecule has 0 saturated carbocycles. The monoisotopic (exact) mass is 242 g/mol. The van der Waals surface area contributed by atoms with Crippen LogP contribution in [0.25, 0.3) is 0 Å². The molecule has 2 rings (SSSR count). The van der Waals surface area contributed by atoms with E-state index >= 15 is 0 Å². The molecule has 1 heterocycles. The van der Waals surface area contributed by atoms with E-state index in [4.69, 9.17) is 10.00 Å². The third-order valence-corrected chi connectivity index (χ3v) is 2.53. The molecule has 2 aromatic rings. The molecule has 92 valence electrons. The van der Waals surface area contributed by atoms with Gasteiger partial charge >= 0.3 is 0 Å². The fourth-order valence-corrected chi connectivity index (χ4v) is 1.70. The van der Waals surface area contributed by atoms with Crippen molar-refractivity contribution in [3.8, 4) is 11.8 Å². The van der Waals surface area contributed by atoms with Crippen molar-refractivity contribution in [3.05, 3.63) is 41.5 Å². The number of ether oxygens (including phenoxy) is 1. The van der Waals surface area contributed by atoms with E-state index in [0.717, 1.165) is 11.6 Å². The second kappa shape index (κ2) is 5.32. The van der Waals surface area contributed by atoms with Gasteiger partial charge in [0.1, 0.15) is 30.1 Å². The quantitative estimate of drug-likeness (QED) is 0.820. The van der Waals surface area contributed by atoms with E-state index in [0.29, 0.717) is 24.5 Å². The van der Waals surface area contributed by atoms with Gasteiger partial charge in [-0.25, -0.2) is 9.67 Å². The molecule has 0 aliphatic carbocycles. The Kier molecular flexibility index (Phi) is 3.58.